The summed E-state index contributed by atoms with van der Waals surface area (Å²) in [6.07, 6.45) is 0.184. The van der Waals surface area contributed by atoms with E-state index in [1.807, 2.05) is 0 Å². The fourth-order valence-electron chi connectivity index (χ4n) is 2.07. The highest BCUT2D eigenvalue weighted by Gasteiger charge is 2.24. The lowest BCUT2D eigenvalue weighted by Crippen LogP contribution is -2.51. The van der Waals surface area contributed by atoms with Gasteiger partial charge < -0.3 is 20.4 Å². The molecule has 6 nitrogen and oxygen atoms in total. The van der Waals surface area contributed by atoms with Gasteiger partial charge in [0, 0.05) is 31.0 Å². The fourth-order valence-corrected chi connectivity index (χ4v) is 2.98. The van der Waals surface area contributed by atoms with Gasteiger partial charge in [-0.2, -0.15) is 11.8 Å². The highest BCUT2D eigenvalue weighted by atomic mass is 32.2. The van der Waals surface area contributed by atoms with Crippen molar-refractivity contribution in [1.82, 2.24) is 10.2 Å². The van der Waals surface area contributed by atoms with Crippen molar-refractivity contribution in [2.24, 2.45) is 0 Å². The lowest BCUT2D eigenvalue weighted by molar-refractivity contribution is -0.139. The van der Waals surface area contributed by atoms with Gasteiger partial charge in [0.2, 0.25) is 0 Å². The number of hydrogen-bond acceptors (Lipinski definition) is 4. The van der Waals surface area contributed by atoms with Crippen LogP contribution in [0.25, 0.3) is 0 Å². The number of carbonyl (C=O) groups is 2. The first kappa shape index (κ1) is 15.5. The topological polar surface area (TPSA) is 89.9 Å². The van der Waals surface area contributed by atoms with E-state index in [9.17, 15) is 19.8 Å². The van der Waals surface area contributed by atoms with Crippen molar-refractivity contribution in [2.45, 2.75) is 12.5 Å². The van der Waals surface area contributed by atoms with Crippen LogP contribution in [0.15, 0.2) is 24.3 Å². The highest BCUT2D eigenvalue weighted by Crippen LogP contribution is 2.12. The average Bonchev–Trinajstić information content (AvgIpc) is 2.49. The summed E-state index contributed by atoms with van der Waals surface area (Å²) in [4.78, 5) is 25.0. The van der Waals surface area contributed by atoms with Gasteiger partial charge in [-0.1, -0.05) is 12.1 Å². The van der Waals surface area contributed by atoms with E-state index in [0.717, 1.165) is 17.1 Å². The largest absolute Gasteiger partial charge is 0.508 e. The number of carboxylic acid groups (broad SMARTS) is 1. The van der Waals surface area contributed by atoms with E-state index in [-0.39, 0.29) is 18.2 Å². The number of benzene rings is 1. The van der Waals surface area contributed by atoms with Crippen LogP contribution in [0.5, 0.6) is 5.75 Å². The van der Waals surface area contributed by atoms with Crippen LogP contribution in [0.1, 0.15) is 5.56 Å². The molecule has 0 spiro atoms. The molecule has 21 heavy (non-hydrogen) atoms. The van der Waals surface area contributed by atoms with Crippen molar-refractivity contribution < 1.29 is 19.8 Å². The molecule has 1 heterocycles. The van der Waals surface area contributed by atoms with Crippen molar-refractivity contribution in [3.8, 4) is 5.75 Å². The standard InChI is InChI=1S/C14H18N2O4S/c17-11-3-1-10(2-4-11)9-12(13(18)19)15-14(20)16-5-7-21-8-6-16/h1-4,12,17H,5-9H2,(H,15,20)(H,18,19)/t12-/m1/s1. The zero-order valence-electron chi connectivity index (χ0n) is 11.5. The molecule has 1 aromatic rings. The molecule has 0 radical (unpaired) electrons. The van der Waals surface area contributed by atoms with Gasteiger partial charge in [0.25, 0.3) is 0 Å². The normalized spacial score (nSPS) is 16.3. The van der Waals surface area contributed by atoms with Crippen molar-refractivity contribution in [3.05, 3.63) is 29.8 Å². The van der Waals surface area contributed by atoms with Crippen LogP contribution in [-0.4, -0.2) is 57.8 Å². The number of hydrogen-bond donors (Lipinski definition) is 3. The first-order chi connectivity index (χ1) is 10.1. The molecule has 1 aliphatic rings. The monoisotopic (exact) mass is 310 g/mol. The third-order valence-corrected chi connectivity index (χ3v) is 4.21. The predicted octanol–water partition coefficient (Wildman–Crippen LogP) is 1.15. The molecule has 0 aliphatic carbocycles. The molecule has 1 fully saturated rings. The Morgan fingerprint density at radius 1 is 1.24 bits per heavy atom. The van der Waals surface area contributed by atoms with E-state index in [1.54, 1.807) is 28.8 Å². The molecule has 0 bridgehead atoms. The number of thioether (sulfide) groups is 1. The lowest BCUT2D eigenvalue weighted by Gasteiger charge is -2.28. The van der Waals surface area contributed by atoms with Crippen LogP contribution < -0.4 is 5.32 Å². The molecule has 1 atom stereocenters. The molecule has 0 aromatic heterocycles. The van der Waals surface area contributed by atoms with Gasteiger partial charge in [-0.05, 0) is 17.7 Å². The van der Waals surface area contributed by atoms with Gasteiger partial charge in [0.05, 0.1) is 0 Å². The zero-order chi connectivity index (χ0) is 15.2. The number of nitrogens with one attached hydrogen (secondary N) is 1. The van der Waals surface area contributed by atoms with Crippen molar-refractivity contribution >= 4 is 23.8 Å². The van der Waals surface area contributed by atoms with Crippen LogP contribution in [0, 0.1) is 0 Å². The SMILES string of the molecule is O=C(O)[C@@H](Cc1ccc(O)cc1)NC(=O)N1CCSCC1. The summed E-state index contributed by atoms with van der Waals surface area (Å²) in [6, 6.07) is 4.98. The Hall–Kier alpha value is -1.89. The third kappa shape index (κ3) is 4.56. The molecule has 1 saturated heterocycles. The second-order valence-corrected chi connectivity index (χ2v) is 6.04. The molecule has 2 amide bonds. The molecule has 2 rings (SSSR count). The van der Waals surface area contributed by atoms with Crippen molar-refractivity contribution in [3.63, 3.8) is 0 Å². The Bertz CT molecular complexity index is 500. The van der Waals surface area contributed by atoms with Crippen LogP contribution in [0.3, 0.4) is 0 Å². The predicted molar refractivity (Wildman–Crippen MR) is 80.7 cm³/mol. The Balaban J connectivity index is 1.96. The Kier molecular flexibility index (Phi) is 5.32. The second kappa shape index (κ2) is 7.21. The van der Waals surface area contributed by atoms with Crippen molar-refractivity contribution in [1.29, 1.82) is 0 Å². The number of aromatic hydroxyl groups is 1. The Labute approximate surface area is 127 Å². The fraction of sp³-hybridized carbons (Fsp3) is 0.429. The zero-order valence-corrected chi connectivity index (χ0v) is 12.3. The quantitative estimate of drug-likeness (QED) is 0.776. The second-order valence-electron chi connectivity index (χ2n) is 4.81. The molecule has 3 N–H and O–H groups in total. The molecule has 7 heteroatoms. The van der Waals surface area contributed by atoms with E-state index in [0.29, 0.717) is 13.1 Å². The van der Waals surface area contributed by atoms with E-state index in [2.05, 4.69) is 5.32 Å². The summed E-state index contributed by atoms with van der Waals surface area (Å²) in [6.45, 7) is 1.28. The minimum atomic E-state index is -1.07. The number of amides is 2. The molecule has 0 unspecified atom stereocenters. The summed E-state index contributed by atoms with van der Waals surface area (Å²) in [5.41, 5.74) is 0.745. The number of aliphatic carboxylic acids is 1. The molecular weight excluding hydrogens is 292 g/mol. The number of phenols is 1. The smallest absolute Gasteiger partial charge is 0.326 e. The van der Waals surface area contributed by atoms with Gasteiger partial charge in [0.1, 0.15) is 11.8 Å². The van der Waals surface area contributed by atoms with E-state index >= 15 is 0 Å². The minimum absolute atomic E-state index is 0.125. The maximum atomic E-state index is 12.1. The summed E-state index contributed by atoms with van der Waals surface area (Å²) in [7, 11) is 0. The summed E-state index contributed by atoms with van der Waals surface area (Å²) in [5.74, 6) is 0.815. The summed E-state index contributed by atoms with van der Waals surface area (Å²) >= 11 is 1.78. The summed E-state index contributed by atoms with van der Waals surface area (Å²) in [5, 5.41) is 21.0. The van der Waals surface area contributed by atoms with Crippen LogP contribution in [0.2, 0.25) is 0 Å². The third-order valence-electron chi connectivity index (χ3n) is 3.27. The maximum Gasteiger partial charge on any atom is 0.326 e. The van der Waals surface area contributed by atoms with Crippen LogP contribution in [0.4, 0.5) is 4.79 Å². The molecule has 114 valence electrons. The van der Waals surface area contributed by atoms with E-state index in [4.69, 9.17) is 0 Å². The van der Waals surface area contributed by atoms with Crippen LogP contribution >= 0.6 is 11.8 Å². The first-order valence-electron chi connectivity index (χ1n) is 6.70. The van der Waals surface area contributed by atoms with Gasteiger partial charge in [-0.3, -0.25) is 0 Å². The van der Waals surface area contributed by atoms with Crippen molar-refractivity contribution in [2.75, 3.05) is 24.6 Å². The lowest BCUT2D eigenvalue weighted by atomic mass is 10.1. The van der Waals surface area contributed by atoms with Gasteiger partial charge in [-0.15, -0.1) is 0 Å². The number of urea groups is 1. The number of carboxylic acids is 1. The first-order valence-corrected chi connectivity index (χ1v) is 7.85. The Morgan fingerprint density at radius 3 is 2.43 bits per heavy atom. The van der Waals surface area contributed by atoms with Gasteiger partial charge in [-0.25, -0.2) is 9.59 Å². The van der Waals surface area contributed by atoms with Crippen LogP contribution in [-0.2, 0) is 11.2 Å². The number of rotatable bonds is 4. The molecule has 0 saturated carbocycles. The van der Waals surface area contributed by atoms with Gasteiger partial charge in [0.15, 0.2) is 0 Å². The molecule has 1 aromatic carbocycles. The number of carbonyl (C=O) groups excluding carboxylic acids is 1. The molecular formula is C14H18N2O4S. The van der Waals surface area contributed by atoms with Gasteiger partial charge >= 0.3 is 12.0 Å². The summed E-state index contributed by atoms with van der Waals surface area (Å²) < 4.78 is 0. The molecule has 1 aliphatic heterocycles. The Morgan fingerprint density at radius 2 is 1.86 bits per heavy atom. The number of nitrogens with zero attached hydrogens (tertiary/aromatic N) is 1. The van der Waals surface area contributed by atoms with E-state index < -0.39 is 12.0 Å². The maximum absolute atomic E-state index is 12.1. The van der Waals surface area contributed by atoms with E-state index in [1.165, 1.54) is 12.1 Å². The number of phenolic OH excluding ortho intramolecular Hbond substituents is 1. The average molecular weight is 310 g/mol. The minimum Gasteiger partial charge on any atom is -0.508 e. The highest BCUT2D eigenvalue weighted by molar-refractivity contribution is 7.99.